The Labute approximate surface area is 245 Å². The van der Waals surface area contributed by atoms with Crippen LogP contribution >= 0.6 is 0 Å². The molecule has 1 aliphatic heterocycles. The van der Waals surface area contributed by atoms with Crippen LogP contribution in [0.2, 0.25) is 0 Å². The number of aliphatic carboxylic acids is 1. The zero-order chi connectivity index (χ0) is 30.4. The van der Waals surface area contributed by atoms with E-state index in [0.29, 0.717) is 24.4 Å². The lowest BCUT2D eigenvalue weighted by molar-refractivity contribution is -0.836. The molecule has 2 atom stereocenters. The van der Waals surface area contributed by atoms with Gasteiger partial charge in [-0.2, -0.15) is 0 Å². The standard InChI is InChI=1S/C33H35N3O6/c1-22-29(32(37)38)31(27-16-10-11-17-28(27)35(40)41)30(33(39)42-21-19-34)23(2)36(22,3)20-18-26(24-12-6-4-7-13-24)25-14-8-5-9-15-25/h4-17,26,31H,18-21,34H2,1-3H3/p+1. The zero-order valence-electron chi connectivity index (χ0n) is 24.0. The van der Waals surface area contributed by atoms with E-state index in [0.717, 1.165) is 11.1 Å². The van der Waals surface area contributed by atoms with Crippen LogP contribution in [0.5, 0.6) is 0 Å². The lowest BCUT2D eigenvalue weighted by Gasteiger charge is -2.42. The van der Waals surface area contributed by atoms with E-state index in [2.05, 4.69) is 24.3 Å². The number of nitrogens with zero attached hydrogens (tertiary/aromatic N) is 2. The number of benzene rings is 3. The highest BCUT2D eigenvalue weighted by Crippen LogP contribution is 2.48. The molecular formula is C33H36N3O6+. The maximum absolute atomic E-state index is 13.6. The first-order valence-electron chi connectivity index (χ1n) is 13.8. The van der Waals surface area contributed by atoms with Gasteiger partial charge in [-0.15, -0.1) is 0 Å². The van der Waals surface area contributed by atoms with Crippen LogP contribution in [0.4, 0.5) is 5.69 Å². The third kappa shape index (κ3) is 5.88. The third-order valence-corrected chi connectivity index (χ3v) is 8.35. The molecule has 0 radical (unpaired) electrons. The van der Waals surface area contributed by atoms with Crippen LogP contribution in [0, 0.1) is 10.1 Å². The highest BCUT2D eigenvalue weighted by Gasteiger charge is 2.49. The van der Waals surface area contributed by atoms with Crippen LogP contribution in [0.3, 0.4) is 0 Å². The number of carbonyl (C=O) groups excluding carboxylic acids is 1. The number of hydrogen-bond acceptors (Lipinski definition) is 6. The van der Waals surface area contributed by atoms with Crippen molar-refractivity contribution >= 4 is 17.6 Å². The molecule has 0 fully saturated rings. The van der Waals surface area contributed by atoms with Gasteiger partial charge in [0.25, 0.3) is 5.69 Å². The zero-order valence-corrected chi connectivity index (χ0v) is 24.0. The van der Waals surface area contributed by atoms with Gasteiger partial charge in [0.2, 0.25) is 0 Å². The average molecular weight is 571 g/mol. The van der Waals surface area contributed by atoms with Gasteiger partial charge in [-0.25, -0.2) is 9.59 Å². The highest BCUT2D eigenvalue weighted by atomic mass is 16.6. The Morgan fingerprint density at radius 3 is 1.98 bits per heavy atom. The van der Waals surface area contributed by atoms with Gasteiger partial charge in [0, 0.05) is 44.4 Å². The molecule has 0 amide bonds. The van der Waals surface area contributed by atoms with Crippen molar-refractivity contribution in [3.05, 3.63) is 134 Å². The maximum Gasteiger partial charge on any atom is 0.340 e. The number of rotatable bonds is 11. The minimum Gasteiger partial charge on any atom is -0.478 e. The first-order valence-corrected chi connectivity index (χ1v) is 13.8. The summed E-state index contributed by atoms with van der Waals surface area (Å²) in [5.41, 5.74) is 8.77. The van der Waals surface area contributed by atoms with Crippen molar-refractivity contribution < 1.29 is 28.8 Å². The van der Waals surface area contributed by atoms with Crippen molar-refractivity contribution in [3.8, 4) is 0 Å². The number of carboxylic acids is 1. The fourth-order valence-electron chi connectivity index (χ4n) is 5.95. The average Bonchev–Trinajstić information content (AvgIpc) is 2.99. The first-order chi connectivity index (χ1) is 20.1. The monoisotopic (exact) mass is 570 g/mol. The fraction of sp³-hybridized carbons (Fsp3) is 0.273. The van der Waals surface area contributed by atoms with Gasteiger partial charge >= 0.3 is 11.9 Å². The van der Waals surface area contributed by atoms with Gasteiger partial charge < -0.3 is 15.6 Å². The van der Waals surface area contributed by atoms with Crippen LogP contribution in [-0.2, 0) is 14.3 Å². The molecule has 0 aliphatic carbocycles. The van der Waals surface area contributed by atoms with Crippen LogP contribution in [-0.4, -0.2) is 53.2 Å². The van der Waals surface area contributed by atoms with E-state index < -0.39 is 22.8 Å². The number of para-hydroxylation sites is 1. The lowest BCUT2D eigenvalue weighted by atomic mass is 9.78. The Morgan fingerprint density at radius 2 is 1.45 bits per heavy atom. The minimum atomic E-state index is -1.25. The number of nitrogens with two attached hydrogens (primary N) is 1. The van der Waals surface area contributed by atoms with Crippen molar-refractivity contribution in [2.24, 2.45) is 5.73 Å². The molecule has 3 N–H and O–H groups in total. The summed E-state index contributed by atoms with van der Waals surface area (Å²) in [5, 5.41) is 22.6. The van der Waals surface area contributed by atoms with E-state index in [4.69, 9.17) is 10.5 Å². The molecule has 1 aliphatic rings. The Morgan fingerprint density at radius 1 is 0.929 bits per heavy atom. The molecule has 3 aromatic rings. The van der Waals surface area contributed by atoms with Crippen molar-refractivity contribution in [3.63, 3.8) is 0 Å². The Hall–Kier alpha value is -4.60. The summed E-state index contributed by atoms with van der Waals surface area (Å²) in [5.74, 6) is -3.17. The number of hydrogen-bond donors (Lipinski definition) is 2. The fourth-order valence-corrected chi connectivity index (χ4v) is 5.95. The number of carboxylic acid groups (broad SMARTS) is 1. The molecule has 0 saturated carbocycles. The number of carbonyl (C=O) groups is 2. The van der Waals surface area contributed by atoms with Crippen molar-refractivity contribution in [2.45, 2.75) is 32.1 Å². The Balaban J connectivity index is 1.89. The molecule has 4 rings (SSSR count). The summed E-state index contributed by atoms with van der Waals surface area (Å²) in [7, 11) is 1.88. The number of esters is 1. The molecule has 1 heterocycles. The molecule has 0 aromatic heterocycles. The topological polar surface area (TPSA) is 133 Å². The number of quaternary nitrogens is 1. The largest absolute Gasteiger partial charge is 0.478 e. The molecule has 218 valence electrons. The van der Waals surface area contributed by atoms with E-state index in [1.165, 1.54) is 18.2 Å². The van der Waals surface area contributed by atoms with Gasteiger partial charge in [-0.3, -0.25) is 14.6 Å². The number of ether oxygens (including phenoxy) is 1. The summed E-state index contributed by atoms with van der Waals surface area (Å²) in [6.45, 7) is 3.98. The van der Waals surface area contributed by atoms with E-state index in [-0.39, 0.29) is 45.9 Å². The number of allylic oxidation sites excluding steroid dienone is 2. The SMILES string of the molecule is CC1=C(C(=O)O)C(c2ccccc2[N+](=O)[O-])C(C(=O)OCCN)=C(C)[N+]1(C)CCC(c1ccccc1)c1ccccc1. The van der Waals surface area contributed by atoms with Gasteiger partial charge in [0.05, 0.1) is 24.4 Å². The molecule has 0 spiro atoms. The van der Waals surface area contributed by atoms with E-state index >= 15 is 0 Å². The second kappa shape index (κ2) is 12.9. The Kier molecular flexibility index (Phi) is 9.35. The van der Waals surface area contributed by atoms with Crippen LogP contribution < -0.4 is 5.73 Å². The third-order valence-electron chi connectivity index (χ3n) is 8.35. The molecule has 0 bridgehead atoms. The molecule has 9 heteroatoms. The first kappa shape index (κ1) is 30.4. The quantitative estimate of drug-likeness (QED) is 0.135. The van der Waals surface area contributed by atoms with Crippen LogP contribution in [0.15, 0.2) is 107 Å². The van der Waals surface area contributed by atoms with Gasteiger partial charge in [0.1, 0.15) is 29.1 Å². The van der Waals surface area contributed by atoms with Crippen molar-refractivity contribution in [2.75, 3.05) is 26.7 Å². The molecule has 3 aromatic carbocycles. The second-order valence-corrected chi connectivity index (χ2v) is 10.6. The molecular weight excluding hydrogens is 534 g/mol. The predicted molar refractivity (Wildman–Crippen MR) is 159 cm³/mol. The van der Waals surface area contributed by atoms with E-state index in [1.54, 1.807) is 19.9 Å². The Bertz CT molecular complexity index is 1490. The summed E-state index contributed by atoms with van der Waals surface area (Å²) < 4.78 is 5.50. The summed E-state index contributed by atoms with van der Waals surface area (Å²) >= 11 is 0. The molecule has 0 saturated heterocycles. The van der Waals surface area contributed by atoms with E-state index in [9.17, 15) is 24.8 Å². The smallest absolute Gasteiger partial charge is 0.340 e. The van der Waals surface area contributed by atoms with Crippen LogP contribution in [0.1, 0.15) is 48.8 Å². The van der Waals surface area contributed by atoms with Crippen LogP contribution in [0.25, 0.3) is 0 Å². The molecule has 9 nitrogen and oxygen atoms in total. The number of nitro benzene ring substituents is 1. The maximum atomic E-state index is 13.6. The summed E-state index contributed by atoms with van der Waals surface area (Å²) in [4.78, 5) is 38.1. The lowest BCUT2D eigenvalue weighted by Crippen LogP contribution is -2.48. The summed E-state index contributed by atoms with van der Waals surface area (Å²) in [6, 6.07) is 26.1. The molecule has 2 unspecified atom stereocenters. The number of nitro groups is 1. The van der Waals surface area contributed by atoms with Crippen molar-refractivity contribution in [1.29, 1.82) is 0 Å². The molecule has 42 heavy (non-hydrogen) atoms. The van der Waals surface area contributed by atoms with Gasteiger partial charge in [-0.1, -0.05) is 78.9 Å². The van der Waals surface area contributed by atoms with Gasteiger partial charge in [0.15, 0.2) is 0 Å². The predicted octanol–water partition coefficient (Wildman–Crippen LogP) is 5.50. The highest BCUT2D eigenvalue weighted by molar-refractivity contribution is 5.99. The minimum absolute atomic E-state index is 0.0109. The van der Waals surface area contributed by atoms with Crippen molar-refractivity contribution in [1.82, 2.24) is 0 Å². The van der Waals surface area contributed by atoms with Gasteiger partial charge in [-0.05, 0) is 11.1 Å². The normalized spacial score (nSPS) is 18.7. The second-order valence-electron chi connectivity index (χ2n) is 10.6. The summed E-state index contributed by atoms with van der Waals surface area (Å²) in [6.07, 6.45) is 0.632. The van der Waals surface area contributed by atoms with E-state index in [1.807, 2.05) is 43.4 Å².